The van der Waals surface area contributed by atoms with Crippen molar-refractivity contribution in [3.05, 3.63) is 41.8 Å². The van der Waals surface area contributed by atoms with Gasteiger partial charge < -0.3 is 14.6 Å². The molecular weight excluding hydrogens is 297 g/mol. The van der Waals surface area contributed by atoms with Gasteiger partial charge in [0.2, 0.25) is 5.89 Å². The molecule has 1 heterocycles. The number of ether oxygens (including phenoxy) is 1. The van der Waals surface area contributed by atoms with E-state index < -0.39 is 0 Å². The monoisotopic (exact) mass is 315 g/mol. The Bertz CT molecular complexity index is 551. The van der Waals surface area contributed by atoms with Crippen molar-refractivity contribution < 1.29 is 13.7 Å². The first-order valence-corrected chi connectivity index (χ1v) is 6.55. The minimum Gasteiger partial charge on any atom is -0.490 e. The number of rotatable bonds is 7. The molecule has 1 aromatic heterocycles. The topological polar surface area (TPSA) is 60.2 Å². The molecule has 2 aromatic rings. The van der Waals surface area contributed by atoms with Crippen molar-refractivity contribution in [2.24, 2.45) is 0 Å². The molecule has 0 radical (unpaired) electrons. The fourth-order valence-electron chi connectivity index (χ4n) is 1.66. The van der Waals surface area contributed by atoms with Crippen molar-refractivity contribution >= 4 is 12.4 Å². The predicted octanol–water partition coefficient (Wildman–Crippen LogP) is 2.40. The third-order valence-corrected chi connectivity index (χ3v) is 2.90. The van der Waals surface area contributed by atoms with Crippen LogP contribution in [0, 0.1) is 5.82 Å². The molecule has 0 aliphatic carbocycles. The Morgan fingerprint density at radius 2 is 2.14 bits per heavy atom. The van der Waals surface area contributed by atoms with Crippen LogP contribution in [-0.4, -0.2) is 29.8 Å². The Morgan fingerprint density at radius 1 is 1.38 bits per heavy atom. The first-order valence-electron chi connectivity index (χ1n) is 6.55. The maximum Gasteiger partial charge on any atom is 0.230 e. The molecule has 116 valence electrons. The Labute approximate surface area is 129 Å². The summed E-state index contributed by atoms with van der Waals surface area (Å²) in [6.45, 7) is 2.33. The molecule has 1 N–H and O–H groups in total. The maximum atomic E-state index is 13.3. The summed E-state index contributed by atoms with van der Waals surface area (Å²) in [5.41, 5.74) is 0. The van der Waals surface area contributed by atoms with Gasteiger partial charge in [-0.3, -0.25) is 0 Å². The van der Waals surface area contributed by atoms with Crippen LogP contribution in [0.5, 0.6) is 5.75 Å². The standard InChI is InChI=1S/C14H18FN3O2.ClH/c1-10(16-2)9-13-17-14(20-18-13)7-8-19-12-6-4-3-5-11(12)15;/h3-6,10,16H,7-9H2,1-2H3;1H. The van der Waals surface area contributed by atoms with Gasteiger partial charge in [-0.25, -0.2) is 4.39 Å². The fourth-order valence-corrected chi connectivity index (χ4v) is 1.66. The van der Waals surface area contributed by atoms with Crippen molar-refractivity contribution in [2.45, 2.75) is 25.8 Å². The van der Waals surface area contributed by atoms with E-state index in [1.807, 2.05) is 14.0 Å². The van der Waals surface area contributed by atoms with Crippen LogP contribution in [-0.2, 0) is 12.8 Å². The third-order valence-electron chi connectivity index (χ3n) is 2.90. The quantitative estimate of drug-likeness (QED) is 0.850. The van der Waals surface area contributed by atoms with Gasteiger partial charge in [0, 0.05) is 12.5 Å². The van der Waals surface area contributed by atoms with Gasteiger partial charge in [-0.1, -0.05) is 17.3 Å². The van der Waals surface area contributed by atoms with Crippen LogP contribution >= 0.6 is 12.4 Å². The van der Waals surface area contributed by atoms with Gasteiger partial charge in [0.15, 0.2) is 17.4 Å². The molecule has 0 aliphatic heterocycles. The summed E-state index contributed by atoms with van der Waals surface area (Å²) in [4.78, 5) is 4.26. The highest BCUT2D eigenvalue weighted by Crippen LogP contribution is 2.15. The zero-order valence-electron chi connectivity index (χ0n) is 12.0. The molecule has 5 nitrogen and oxygen atoms in total. The highest BCUT2D eigenvalue weighted by molar-refractivity contribution is 5.85. The van der Waals surface area contributed by atoms with Gasteiger partial charge in [-0.2, -0.15) is 4.98 Å². The van der Waals surface area contributed by atoms with E-state index in [2.05, 4.69) is 15.5 Å². The number of hydrogen-bond donors (Lipinski definition) is 1. The lowest BCUT2D eigenvalue weighted by molar-refractivity contribution is 0.281. The molecule has 1 aromatic carbocycles. The van der Waals surface area contributed by atoms with Crippen LogP contribution in [0.4, 0.5) is 4.39 Å². The van der Waals surface area contributed by atoms with E-state index in [-0.39, 0.29) is 30.0 Å². The van der Waals surface area contributed by atoms with E-state index in [4.69, 9.17) is 9.26 Å². The minimum atomic E-state index is -0.374. The van der Waals surface area contributed by atoms with Crippen LogP contribution < -0.4 is 10.1 Å². The zero-order valence-corrected chi connectivity index (χ0v) is 12.8. The number of likely N-dealkylation sites (N-methyl/N-ethyl adjacent to an activating group) is 1. The van der Waals surface area contributed by atoms with Crippen molar-refractivity contribution in [3.63, 3.8) is 0 Å². The normalized spacial score (nSPS) is 11.8. The summed E-state index contributed by atoms with van der Waals surface area (Å²) in [5.74, 6) is 1.02. The highest BCUT2D eigenvalue weighted by atomic mass is 35.5. The van der Waals surface area contributed by atoms with Crippen LogP contribution in [0.3, 0.4) is 0 Å². The molecule has 0 saturated carbocycles. The highest BCUT2D eigenvalue weighted by Gasteiger charge is 2.10. The second kappa shape index (κ2) is 8.59. The van der Waals surface area contributed by atoms with Crippen LogP contribution in [0.25, 0.3) is 0 Å². The molecule has 0 fully saturated rings. The maximum absolute atomic E-state index is 13.3. The molecule has 2 rings (SSSR count). The Morgan fingerprint density at radius 3 is 2.86 bits per heavy atom. The number of benzene rings is 1. The third kappa shape index (κ3) is 5.32. The number of hydrogen-bond acceptors (Lipinski definition) is 5. The Kier molecular flexibility index (Phi) is 7.11. The lowest BCUT2D eigenvalue weighted by Crippen LogP contribution is -2.24. The van der Waals surface area contributed by atoms with E-state index in [1.165, 1.54) is 6.07 Å². The van der Waals surface area contributed by atoms with Gasteiger partial charge in [-0.05, 0) is 26.1 Å². The van der Waals surface area contributed by atoms with Crippen molar-refractivity contribution in [3.8, 4) is 5.75 Å². The predicted molar refractivity (Wildman–Crippen MR) is 79.4 cm³/mol. The molecule has 0 saturated heterocycles. The molecule has 0 amide bonds. The van der Waals surface area contributed by atoms with E-state index >= 15 is 0 Å². The number of nitrogens with one attached hydrogen (secondary N) is 1. The van der Waals surface area contributed by atoms with Gasteiger partial charge in [0.1, 0.15) is 0 Å². The zero-order chi connectivity index (χ0) is 14.4. The van der Waals surface area contributed by atoms with Gasteiger partial charge >= 0.3 is 0 Å². The average molecular weight is 316 g/mol. The molecule has 1 unspecified atom stereocenters. The number of para-hydroxylation sites is 1. The first-order chi connectivity index (χ1) is 9.69. The molecular formula is C14H19ClFN3O2. The van der Waals surface area contributed by atoms with E-state index in [9.17, 15) is 4.39 Å². The van der Waals surface area contributed by atoms with Gasteiger partial charge in [0.25, 0.3) is 0 Å². The van der Waals surface area contributed by atoms with Crippen LogP contribution in [0.2, 0.25) is 0 Å². The Balaban J connectivity index is 0.00000220. The van der Waals surface area contributed by atoms with Crippen molar-refractivity contribution in [1.29, 1.82) is 0 Å². The van der Waals surface area contributed by atoms with E-state index in [0.29, 0.717) is 31.2 Å². The summed E-state index contributed by atoms with van der Waals surface area (Å²) in [6.07, 6.45) is 1.16. The molecule has 21 heavy (non-hydrogen) atoms. The largest absolute Gasteiger partial charge is 0.490 e. The molecule has 0 spiro atoms. The van der Waals surface area contributed by atoms with Crippen molar-refractivity contribution in [1.82, 2.24) is 15.5 Å². The summed E-state index contributed by atoms with van der Waals surface area (Å²) >= 11 is 0. The van der Waals surface area contributed by atoms with Crippen LogP contribution in [0.15, 0.2) is 28.8 Å². The molecule has 0 aliphatic rings. The summed E-state index contributed by atoms with van der Waals surface area (Å²) < 4.78 is 23.8. The number of aromatic nitrogens is 2. The molecule has 0 bridgehead atoms. The second-order valence-electron chi connectivity index (χ2n) is 4.53. The van der Waals surface area contributed by atoms with Crippen molar-refractivity contribution in [2.75, 3.05) is 13.7 Å². The average Bonchev–Trinajstić information content (AvgIpc) is 2.88. The second-order valence-corrected chi connectivity index (χ2v) is 4.53. The summed E-state index contributed by atoms with van der Waals surface area (Å²) in [6, 6.07) is 6.58. The minimum absolute atomic E-state index is 0. The summed E-state index contributed by atoms with van der Waals surface area (Å²) in [5, 5.41) is 7.00. The fraction of sp³-hybridized carbons (Fsp3) is 0.429. The summed E-state index contributed by atoms with van der Waals surface area (Å²) in [7, 11) is 1.88. The lowest BCUT2D eigenvalue weighted by atomic mass is 10.2. The number of halogens is 2. The van der Waals surface area contributed by atoms with E-state index in [0.717, 1.165) is 0 Å². The lowest BCUT2D eigenvalue weighted by Gasteiger charge is -2.05. The molecule has 1 atom stereocenters. The smallest absolute Gasteiger partial charge is 0.230 e. The number of nitrogens with zero attached hydrogens (tertiary/aromatic N) is 2. The Hall–Kier alpha value is -1.66. The molecule has 7 heteroatoms. The van der Waals surface area contributed by atoms with E-state index in [1.54, 1.807) is 18.2 Å². The van der Waals surface area contributed by atoms with Gasteiger partial charge in [0.05, 0.1) is 13.0 Å². The first kappa shape index (κ1) is 17.4. The van der Waals surface area contributed by atoms with Gasteiger partial charge in [-0.15, -0.1) is 12.4 Å². The SMILES string of the molecule is CNC(C)Cc1noc(CCOc2ccccc2F)n1.Cl. The van der Waals surface area contributed by atoms with Crippen LogP contribution in [0.1, 0.15) is 18.6 Å².